The van der Waals surface area contributed by atoms with Crippen LogP contribution >= 0.6 is 0 Å². The molecule has 2 aromatic rings. The summed E-state index contributed by atoms with van der Waals surface area (Å²) in [5.41, 5.74) is 2.52. The summed E-state index contributed by atoms with van der Waals surface area (Å²) in [6.07, 6.45) is 1.14. The minimum Gasteiger partial charge on any atom is -0.378 e. The van der Waals surface area contributed by atoms with Crippen molar-refractivity contribution >= 4 is 11.8 Å². The van der Waals surface area contributed by atoms with Crippen LogP contribution < -0.4 is 10.2 Å². The van der Waals surface area contributed by atoms with Crippen molar-refractivity contribution in [3.63, 3.8) is 0 Å². The molecule has 0 atom stereocenters. The van der Waals surface area contributed by atoms with Crippen molar-refractivity contribution in [2.75, 3.05) is 37.7 Å². The third kappa shape index (κ3) is 5.31. The number of hydrogen-bond acceptors (Lipinski definition) is 5. The number of nitrogens with zero attached hydrogens (tertiary/aromatic N) is 4. The summed E-state index contributed by atoms with van der Waals surface area (Å²) in [4.78, 5) is 26.5. The fourth-order valence-electron chi connectivity index (χ4n) is 3.97. The Balaban J connectivity index is 1.64. The van der Waals surface area contributed by atoms with E-state index in [0.29, 0.717) is 45.0 Å². The Morgan fingerprint density at radius 3 is 2.68 bits per heavy atom. The number of carbonyl (C=O) groups is 1. The molecule has 31 heavy (non-hydrogen) atoms. The molecule has 0 radical (unpaired) electrons. The molecule has 1 fully saturated rings. The smallest absolute Gasteiger partial charge is 0.318 e. The van der Waals surface area contributed by atoms with Crippen LogP contribution in [0.4, 0.5) is 15.0 Å². The fraction of sp³-hybridized carbons (Fsp3) is 0.522. The Labute approximate surface area is 182 Å². The number of hydrogen-bond donors (Lipinski definition) is 1. The van der Waals surface area contributed by atoms with E-state index in [0.717, 1.165) is 35.7 Å². The predicted octanol–water partition coefficient (Wildman–Crippen LogP) is 2.91. The lowest BCUT2D eigenvalue weighted by molar-refractivity contribution is 0.122. The first-order chi connectivity index (χ1) is 14.8. The molecule has 1 aromatic heterocycles. The zero-order valence-electron chi connectivity index (χ0n) is 18.4. The molecule has 2 aliphatic heterocycles. The molecule has 0 saturated carbocycles. The fourth-order valence-corrected chi connectivity index (χ4v) is 3.97. The first kappa shape index (κ1) is 21.5. The van der Waals surface area contributed by atoms with Crippen LogP contribution in [-0.2, 0) is 24.1 Å². The number of carbonyl (C=O) groups excluding carboxylic acids is 1. The Morgan fingerprint density at radius 1 is 1.19 bits per heavy atom. The molecule has 0 unspecified atom stereocenters. The number of amides is 2. The molecule has 0 aliphatic carbocycles. The summed E-state index contributed by atoms with van der Waals surface area (Å²) in [6.45, 7) is 9.79. The third-order valence-corrected chi connectivity index (χ3v) is 5.42. The highest BCUT2D eigenvalue weighted by Gasteiger charge is 2.29. The molecular weight excluding hydrogens is 397 g/mol. The van der Waals surface area contributed by atoms with E-state index >= 15 is 0 Å². The predicted molar refractivity (Wildman–Crippen MR) is 117 cm³/mol. The van der Waals surface area contributed by atoms with Gasteiger partial charge in [-0.05, 0) is 38.5 Å². The standard InChI is InChI=1S/C23H30FN5O2/c1-23(2,3)27-22(30)29-8-7-19-18(15-29)21(28-9-11-31-12-10-28)26-20(25-19)14-16-5-4-6-17(24)13-16/h4-6,13H,7-12,14-15H2,1-3H3,(H,27,30). The highest BCUT2D eigenvalue weighted by atomic mass is 19.1. The van der Waals surface area contributed by atoms with Crippen LogP contribution in [0, 0.1) is 5.82 Å². The maximum Gasteiger partial charge on any atom is 0.318 e. The second-order valence-corrected chi connectivity index (χ2v) is 9.15. The molecule has 166 valence electrons. The molecule has 1 saturated heterocycles. The van der Waals surface area contributed by atoms with Crippen molar-refractivity contribution in [1.29, 1.82) is 0 Å². The molecule has 4 rings (SSSR count). The quantitative estimate of drug-likeness (QED) is 0.816. The summed E-state index contributed by atoms with van der Waals surface area (Å²) in [5, 5.41) is 3.05. The van der Waals surface area contributed by atoms with E-state index in [1.165, 1.54) is 12.1 Å². The second-order valence-electron chi connectivity index (χ2n) is 9.15. The highest BCUT2D eigenvalue weighted by molar-refractivity contribution is 5.75. The second kappa shape index (κ2) is 8.78. The summed E-state index contributed by atoms with van der Waals surface area (Å²) < 4.78 is 19.2. The van der Waals surface area contributed by atoms with E-state index in [2.05, 4.69) is 10.2 Å². The van der Waals surface area contributed by atoms with Gasteiger partial charge in [0.25, 0.3) is 0 Å². The van der Waals surface area contributed by atoms with Gasteiger partial charge in [-0.15, -0.1) is 0 Å². The summed E-state index contributed by atoms with van der Waals surface area (Å²) in [7, 11) is 0. The van der Waals surface area contributed by atoms with Crippen LogP contribution in [0.3, 0.4) is 0 Å². The van der Waals surface area contributed by atoms with Crippen molar-refractivity contribution in [3.8, 4) is 0 Å². The van der Waals surface area contributed by atoms with Crippen LogP contribution in [0.2, 0.25) is 0 Å². The lowest BCUT2D eigenvalue weighted by Gasteiger charge is -2.35. The SMILES string of the molecule is CC(C)(C)NC(=O)N1CCc2nc(Cc3cccc(F)c3)nc(N3CCOCC3)c2C1. The van der Waals surface area contributed by atoms with E-state index in [1.54, 1.807) is 6.07 Å². The van der Waals surface area contributed by atoms with Crippen molar-refractivity contribution in [3.05, 3.63) is 52.7 Å². The largest absolute Gasteiger partial charge is 0.378 e. The lowest BCUT2D eigenvalue weighted by atomic mass is 10.0. The number of morpholine rings is 1. The number of nitrogens with one attached hydrogen (secondary N) is 1. The van der Waals surface area contributed by atoms with Gasteiger partial charge in [0.05, 0.1) is 25.5 Å². The van der Waals surface area contributed by atoms with Gasteiger partial charge in [-0.3, -0.25) is 0 Å². The Morgan fingerprint density at radius 2 is 1.97 bits per heavy atom. The highest BCUT2D eigenvalue weighted by Crippen LogP contribution is 2.28. The molecule has 3 heterocycles. The van der Waals surface area contributed by atoms with Crippen LogP contribution in [0.25, 0.3) is 0 Å². The van der Waals surface area contributed by atoms with Gasteiger partial charge in [0.1, 0.15) is 17.5 Å². The van der Waals surface area contributed by atoms with E-state index < -0.39 is 0 Å². The molecule has 1 N–H and O–H groups in total. The first-order valence-corrected chi connectivity index (χ1v) is 10.8. The van der Waals surface area contributed by atoms with Gasteiger partial charge >= 0.3 is 6.03 Å². The Bertz CT molecular complexity index is 953. The Hall–Kier alpha value is -2.74. The van der Waals surface area contributed by atoms with Gasteiger partial charge in [0, 0.05) is 43.6 Å². The van der Waals surface area contributed by atoms with Crippen LogP contribution in [0.15, 0.2) is 24.3 Å². The van der Waals surface area contributed by atoms with Crippen molar-refractivity contribution < 1.29 is 13.9 Å². The number of ether oxygens (including phenoxy) is 1. The topological polar surface area (TPSA) is 70.6 Å². The van der Waals surface area contributed by atoms with Gasteiger partial charge in [0.2, 0.25) is 0 Å². The Kier molecular flexibility index (Phi) is 6.09. The normalized spacial score (nSPS) is 16.8. The molecular formula is C23H30FN5O2. The van der Waals surface area contributed by atoms with Gasteiger partial charge in [-0.25, -0.2) is 19.2 Å². The first-order valence-electron chi connectivity index (χ1n) is 10.8. The van der Waals surface area contributed by atoms with E-state index in [9.17, 15) is 9.18 Å². The van der Waals surface area contributed by atoms with E-state index in [1.807, 2.05) is 31.7 Å². The molecule has 0 bridgehead atoms. The maximum absolute atomic E-state index is 13.6. The van der Waals surface area contributed by atoms with Crippen LogP contribution in [-0.4, -0.2) is 59.3 Å². The summed E-state index contributed by atoms with van der Waals surface area (Å²) in [6, 6.07) is 6.48. The number of rotatable bonds is 3. The zero-order chi connectivity index (χ0) is 22.0. The van der Waals surface area contributed by atoms with Crippen LogP contribution in [0.5, 0.6) is 0 Å². The molecule has 8 heteroatoms. The lowest BCUT2D eigenvalue weighted by Crippen LogP contribution is -2.50. The van der Waals surface area contributed by atoms with Crippen molar-refractivity contribution in [2.24, 2.45) is 0 Å². The number of fused-ring (bicyclic) bond motifs is 1. The summed E-state index contributed by atoms with van der Waals surface area (Å²) >= 11 is 0. The van der Waals surface area contributed by atoms with E-state index in [-0.39, 0.29) is 17.4 Å². The van der Waals surface area contributed by atoms with Gasteiger partial charge in [-0.1, -0.05) is 12.1 Å². The van der Waals surface area contributed by atoms with Crippen molar-refractivity contribution in [2.45, 2.75) is 45.7 Å². The molecule has 2 aliphatic rings. The molecule has 1 aromatic carbocycles. The maximum atomic E-state index is 13.6. The van der Waals surface area contributed by atoms with E-state index in [4.69, 9.17) is 14.7 Å². The van der Waals surface area contributed by atoms with Gasteiger partial charge in [-0.2, -0.15) is 0 Å². The van der Waals surface area contributed by atoms with Gasteiger partial charge in [0.15, 0.2) is 0 Å². The minimum atomic E-state index is -0.296. The average Bonchev–Trinajstić information content (AvgIpc) is 2.72. The number of anilines is 1. The third-order valence-electron chi connectivity index (χ3n) is 5.42. The van der Waals surface area contributed by atoms with Crippen LogP contribution in [0.1, 0.15) is 43.4 Å². The molecule has 0 spiro atoms. The average molecular weight is 428 g/mol. The molecule has 7 nitrogen and oxygen atoms in total. The number of halogens is 1. The van der Waals surface area contributed by atoms with Gasteiger partial charge < -0.3 is 19.9 Å². The number of urea groups is 1. The number of benzene rings is 1. The molecule has 2 amide bonds. The zero-order valence-corrected chi connectivity index (χ0v) is 18.4. The monoisotopic (exact) mass is 427 g/mol. The summed E-state index contributed by atoms with van der Waals surface area (Å²) in [5.74, 6) is 1.29. The number of aromatic nitrogens is 2. The minimum absolute atomic E-state index is 0.0742. The van der Waals surface area contributed by atoms with Crippen molar-refractivity contribution in [1.82, 2.24) is 20.2 Å².